The maximum Gasteiger partial charge on any atom is 0.251 e. The van der Waals surface area contributed by atoms with Crippen LogP contribution < -0.4 is 5.32 Å². The molecule has 0 aliphatic heterocycles. The van der Waals surface area contributed by atoms with Crippen LogP contribution in [0.5, 0.6) is 0 Å². The number of aryl methyl sites for hydroxylation is 1. The molecule has 0 radical (unpaired) electrons. The van der Waals surface area contributed by atoms with E-state index >= 15 is 0 Å². The minimum Gasteiger partial charge on any atom is -0.383 e. The van der Waals surface area contributed by atoms with Gasteiger partial charge in [0, 0.05) is 32.2 Å². The van der Waals surface area contributed by atoms with Crippen LogP contribution in [0.2, 0.25) is 0 Å². The average molecular weight is 337 g/mol. The average Bonchev–Trinajstić information content (AvgIpc) is 2.98. The number of rotatable bonds is 7. The van der Waals surface area contributed by atoms with Crippen molar-refractivity contribution in [2.45, 2.75) is 19.9 Å². The number of amides is 1. The second-order valence-electron chi connectivity index (χ2n) is 6.03. The largest absolute Gasteiger partial charge is 0.383 e. The molecule has 25 heavy (non-hydrogen) atoms. The highest BCUT2D eigenvalue weighted by Crippen LogP contribution is 2.16. The minimum absolute atomic E-state index is 0.0560. The van der Waals surface area contributed by atoms with Crippen LogP contribution in [0.3, 0.4) is 0 Å². The molecular weight excluding hydrogens is 314 g/mol. The van der Waals surface area contributed by atoms with Gasteiger partial charge in [-0.2, -0.15) is 0 Å². The van der Waals surface area contributed by atoms with Crippen LogP contribution in [0.25, 0.3) is 11.0 Å². The number of nitrogens with one attached hydrogen (secondary N) is 1. The van der Waals surface area contributed by atoms with Gasteiger partial charge in [0.2, 0.25) is 0 Å². The zero-order valence-electron chi connectivity index (χ0n) is 14.7. The number of aromatic nitrogens is 2. The summed E-state index contributed by atoms with van der Waals surface area (Å²) in [6, 6.07) is 15.6. The van der Waals surface area contributed by atoms with Crippen LogP contribution >= 0.6 is 0 Å². The van der Waals surface area contributed by atoms with Crippen molar-refractivity contribution in [1.29, 1.82) is 0 Å². The molecule has 1 aromatic heterocycles. The van der Waals surface area contributed by atoms with Crippen LogP contribution in [0.4, 0.5) is 0 Å². The van der Waals surface area contributed by atoms with E-state index in [2.05, 4.69) is 16.0 Å². The first-order valence-electron chi connectivity index (χ1n) is 8.47. The molecular formula is C20H23N3O2. The van der Waals surface area contributed by atoms with Crippen LogP contribution in [0.1, 0.15) is 21.7 Å². The van der Waals surface area contributed by atoms with Gasteiger partial charge >= 0.3 is 0 Å². The normalized spacial score (nSPS) is 11.0. The number of nitrogens with zero attached hydrogens (tertiary/aromatic N) is 2. The molecule has 1 heterocycles. The van der Waals surface area contributed by atoms with Gasteiger partial charge in [0.05, 0.1) is 17.6 Å². The molecule has 0 saturated heterocycles. The Balaban J connectivity index is 1.68. The number of hydrogen-bond donors (Lipinski definition) is 1. The van der Waals surface area contributed by atoms with E-state index in [-0.39, 0.29) is 5.91 Å². The number of carbonyl (C=O) groups excluding carboxylic acids is 1. The van der Waals surface area contributed by atoms with Crippen molar-refractivity contribution in [3.63, 3.8) is 0 Å². The topological polar surface area (TPSA) is 56.1 Å². The third-order valence-electron chi connectivity index (χ3n) is 4.20. The number of benzene rings is 2. The minimum atomic E-state index is -0.0560. The summed E-state index contributed by atoms with van der Waals surface area (Å²) in [5, 5.41) is 2.97. The Hall–Kier alpha value is -2.66. The van der Waals surface area contributed by atoms with E-state index in [0.29, 0.717) is 25.1 Å². The molecule has 0 spiro atoms. The first-order valence-corrected chi connectivity index (χ1v) is 8.47. The Labute approximate surface area is 147 Å². The predicted octanol–water partition coefficient (Wildman–Crippen LogP) is 2.96. The number of fused-ring (bicyclic) bond motifs is 1. The van der Waals surface area contributed by atoms with Crippen LogP contribution in [0, 0.1) is 6.92 Å². The smallest absolute Gasteiger partial charge is 0.251 e. The van der Waals surface area contributed by atoms with E-state index in [0.717, 1.165) is 29.0 Å². The Morgan fingerprint density at radius 1 is 1.16 bits per heavy atom. The lowest BCUT2D eigenvalue weighted by Crippen LogP contribution is -2.26. The van der Waals surface area contributed by atoms with E-state index in [9.17, 15) is 4.79 Å². The van der Waals surface area contributed by atoms with E-state index in [1.807, 2.05) is 49.4 Å². The third-order valence-corrected chi connectivity index (χ3v) is 4.20. The second-order valence-corrected chi connectivity index (χ2v) is 6.03. The van der Waals surface area contributed by atoms with Gasteiger partial charge in [-0.15, -0.1) is 0 Å². The molecule has 3 aromatic rings. The number of para-hydroxylation sites is 2. The van der Waals surface area contributed by atoms with Gasteiger partial charge < -0.3 is 14.6 Å². The molecule has 0 aliphatic rings. The Morgan fingerprint density at radius 2 is 1.92 bits per heavy atom. The molecule has 1 N–H and O–H groups in total. The van der Waals surface area contributed by atoms with E-state index in [4.69, 9.17) is 9.72 Å². The molecule has 0 bridgehead atoms. The predicted molar refractivity (Wildman–Crippen MR) is 98.8 cm³/mol. The first-order chi connectivity index (χ1) is 12.2. The lowest BCUT2D eigenvalue weighted by Gasteiger charge is -2.09. The van der Waals surface area contributed by atoms with Gasteiger partial charge in [-0.3, -0.25) is 4.79 Å². The monoisotopic (exact) mass is 337 g/mol. The molecule has 1 amide bonds. The van der Waals surface area contributed by atoms with Crippen molar-refractivity contribution in [1.82, 2.24) is 14.9 Å². The maximum atomic E-state index is 12.2. The Morgan fingerprint density at radius 3 is 2.68 bits per heavy atom. The van der Waals surface area contributed by atoms with Gasteiger partial charge in [-0.25, -0.2) is 4.98 Å². The van der Waals surface area contributed by atoms with E-state index < -0.39 is 0 Å². The standard InChI is InChI=1S/C20H23N3O2/c1-15-7-9-16(10-8-15)20(24)21-12-11-19-22-17-5-3-4-6-18(17)23(19)13-14-25-2/h3-10H,11-14H2,1-2H3,(H,21,24). The Bertz CT molecular complexity index is 853. The van der Waals surface area contributed by atoms with Crippen molar-refractivity contribution >= 4 is 16.9 Å². The number of methoxy groups -OCH3 is 1. The van der Waals surface area contributed by atoms with Crippen LogP contribution in [-0.2, 0) is 17.7 Å². The molecule has 0 aliphatic carbocycles. The molecule has 0 saturated carbocycles. The molecule has 130 valence electrons. The number of imidazole rings is 1. The summed E-state index contributed by atoms with van der Waals surface area (Å²) in [6.07, 6.45) is 0.677. The van der Waals surface area contributed by atoms with E-state index in [1.165, 1.54) is 0 Å². The summed E-state index contributed by atoms with van der Waals surface area (Å²) >= 11 is 0. The number of carbonyl (C=O) groups is 1. The highest BCUT2D eigenvalue weighted by molar-refractivity contribution is 5.94. The van der Waals surface area contributed by atoms with Crippen molar-refractivity contribution in [2.24, 2.45) is 0 Å². The van der Waals surface area contributed by atoms with Gasteiger partial charge in [-0.05, 0) is 31.2 Å². The summed E-state index contributed by atoms with van der Waals surface area (Å²) < 4.78 is 7.37. The summed E-state index contributed by atoms with van der Waals surface area (Å²) in [7, 11) is 1.70. The lowest BCUT2D eigenvalue weighted by molar-refractivity contribution is 0.0954. The van der Waals surface area contributed by atoms with Gasteiger partial charge in [0.1, 0.15) is 5.82 Å². The van der Waals surface area contributed by atoms with Gasteiger partial charge in [0.25, 0.3) is 5.91 Å². The van der Waals surface area contributed by atoms with Crippen molar-refractivity contribution in [3.8, 4) is 0 Å². The third kappa shape index (κ3) is 4.06. The molecule has 0 unspecified atom stereocenters. The molecule has 5 heteroatoms. The van der Waals surface area contributed by atoms with Gasteiger partial charge in [-0.1, -0.05) is 29.8 Å². The zero-order chi connectivity index (χ0) is 17.6. The van der Waals surface area contributed by atoms with Crippen molar-refractivity contribution < 1.29 is 9.53 Å². The van der Waals surface area contributed by atoms with Gasteiger partial charge in [0.15, 0.2) is 0 Å². The fraction of sp³-hybridized carbons (Fsp3) is 0.300. The summed E-state index contributed by atoms with van der Waals surface area (Å²) in [5.74, 6) is 0.905. The van der Waals surface area contributed by atoms with Crippen molar-refractivity contribution in [2.75, 3.05) is 20.3 Å². The first kappa shape index (κ1) is 17.2. The molecule has 2 aromatic carbocycles. The molecule has 5 nitrogen and oxygen atoms in total. The maximum absolute atomic E-state index is 12.2. The zero-order valence-corrected chi connectivity index (χ0v) is 14.7. The summed E-state index contributed by atoms with van der Waals surface area (Å²) in [4.78, 5) is 16.9. The molecule has 0 fully saturated rings. The summed E-state index contributed by atoms with van der Waals surface area (Å²) in [6.45, 7) is 3.93. The highest BCUT2D eigenvalue weighted by atomic mass is 16.5. The Kier molecular flexibility index (Phi) is 5.46. The number of hydrogen-bond acceptors (Lipinski definition) is 3. The lowest BCUT2D eigenvalue weighted by atomic mass is 10.1. The van der Waals surface area contributed by atoms with Crippen molar-refractivity contribution in [3.05, 3.63) is 65.5 Å². The highest BCUT2D eigenvalue weighted by Gasteiger charge is 2.11. The summed E-state index contributed by atoms with van der Waals surface area (Å²) in [5.41, 5.74) is 3.89. The second kappa shape index (κ2) is 7.94. The van der Waals surface area contributed by atoms with Crippen LogP contribution in [-0.4, -0.2) is 35.7 Å². The number of ether oxygens (including phenoxy) is 1. The fourth-order valence-electron chi connectivity index (χ4n) is 2.84. The molecule has 0 atom stereocenters. The molecule has 3 rings (SSSR count). The quantitative estimate of drug-likeness (QED) is 0.721. The van der Waals surface area contributed by atoms with E-state index in [1.54, 1.807) is 7.11 Å². The van der Waals surface area contributed by atoms with Crippen LogP contribution in [0.15, 0.2) is 48.5 Å². The SMILES string of the molecule is COCCn1c(CCNC(=O)c2ccc(C)cc2)nc2ccccc21. The fourth-order valence-corrected chi connectivity index (χ4v) is 2.84.